The monoisotopic (exact) mass is 492 g/mol. The summed E-state index contributed by atoms with van der Waals surface area (Å²) in [5.74, 6) is -1.17. The molecule has 0 radical (unpaired) electrons. The molecule has 2 fully saturated rings. The molecule has 0 spiro atoms. The van der Waals surface area contributed by atoms with Crippen molar-refractivity contribution in [1.29, 1.82) is 5.41 Å². The lowest BCUT2D eigenvalue weighted by Gasteiger charge is -2.27. The van der Waals surface area contributed by atoms with Crippen molar-refractivity contribution < 1.29 is 27.6 Å². The molecule has 7 nitrogen and oxygen atoms in total. The Morgan fingerprint density at radius 3 is 2.26 bits per heavy atom. The Bertz CT molecular complexity index is 967. The molecule has 0 heterocycles. The summed E-state index contributed by atoms with van der Waals surface area (Å²) in [6.07, 6.45) is 3.08. The van der Waals surface area contributed by atoms with Crippen LogP contribution >= 0.6 is 0 Å². The SMILES string of the molecule is N=C(/C=C(\NC1CCCC1)c1ccccc1C(F)(F)F)C(=O)NC(CC=O)CC(=O)NC1CCC1. The summed E-state index contributed by atoms with van der Waals surface area (Å²) in [4.78, 5) is 36.0. The number of hydrogen-bond donors (Lipinski definition) is 4. The van der Waals surface area contributed by atoms with Crippen LogP contribution in [-0.2, 0) is 20.6 Å². The van der Waals surface area contributed by atoms with Crippen molar-refractivity contribution >= 4 is 29.5 Å². The number of hydrogen-bond acceptors (Lipinski definition) is 5. The normalized spacial score (nSPS) is 17.9. The van der Waals surface area contributed by atoms with Crippen molar-refractivity contribution in [2.24, 2.45) is 0 Å². The second kappa shape index (κ2) is 12.0. The largest absolute Gasteiger partial charge is 0.417 e. The highest BCUT2D eigenvalue weighted by Crippen LogP contribution is 2.35. The van der Waals surface area contributed by atoms with E-state index in [-0.39, 0.29) is 42.1 Å². The van der Waals surface area contributed by atoms with Crippen LogP contribution in [0, 0.1) is 5.41 Å². The Labute approximate surface area is 202 Å². The van der Waals surface area contributed by atoms with Gasteiger partial charge >= 0.3 is 6.18 Å². The number of alkyl halides is 3. The fourth-order valence-corrected chi connectivity index (χ4v) is 4.30. The fourth-order valence-electron chi connectivity index (χ4n) is 4.30. The van der Waals surface area contributed by atoms with Crippen LogP contribution in [0.5, 0.6) is 0 Å². The van der Waals surface area contributed by atoms with Crippen molar-refractivity contribution in [2.45, 2.75) is 82.1 Å². The minimum atomic E-state index is -4.61. The van der Waals surface area contributed by atoms with Crippen LogP contribution in [0.25, 0.3) is 5.70 Å². The third-order valence-corrected chi connectivity index (χ3v) is 6.39. The Morgan fingerprint density at radius 2 is 1.66 bits per heavy atom. The van der Waals surface area contributed by atoms with Crippen LogP contribution in [0.3, 0.4) is 0 Å². The van der Waals surface area contributed by atoms with Gasteiger partial charge < -0.3 is 20.7 Å². The fraction of sp³-hybridized carbons (Fsp3) is 0.520. The van der Waals surface area contributed by atoms with E-state index >= 15 is 0 Å². The van der Waals surface area contributed by atoms with E-state index in [1.807, 2.05) is 0 Å². The van der Waals surface area contributed by atoms with E-state index < -0.39 is 29.4 Å². The van der Waals surface area contributed by atoms with Crippen LogP contribution < -0.4 is 16.0 Å². The molecule has 2 amide bonds. The Balaban J connectivity index is 1.77. The van der Waals surface area contributed by atoms with Crippen LogP contribution in [0.15, 0.2) is 30.3 Å². The highest BCUT2D eigenvalue weighted by atomic mass is 19.4. The first kappa shape index (κ1) is 26.4. The topological polar surface area (TPSA) is 111 Å². The van der Waals surface area contributed by atoms with Gasteiger partial charge in [0, 0.05) is 42.2 Å². The minimum absolute atomic E-state index is 0.0413. The van der Waals surface area contributed by atoms with Crippen LogP contribution in [0.2, 0.25) is 0 Å². The zero-order valence-corrected chi connectivity index (χ0v) is 19.4. The van der Waals surface area contributed by atoms with E-state index in [4.69, 9.17) is 5.41 Å². The number of amides is 2. The van der Waals surface area contributed by atoms with E-state index in [1.54, 1.807) is 0 Å². The first-order valence-corrected chi connectivity index (χ1v) is 11.9. The van der Waals surface area contributed by atoms with Crippen molar-refractivity contribution in [2.75, 3.05) is 0 Å². The van der Waals surface area contributed by atoms with E-state index in [0.717, 1.165) is 57.1 Å². The lowest BCUT2D eigenvalue weighted by Crippen LogP contribution is -2.45. The Kier molecular flexibility index (Phi) is 9.06. The summed E-state index contributed by atoms with van der Waals surface area (Å²) in [6, 6.07) is 4.26. The molecule has 0 aromatic heterocycles. The summed E-state index contributed by atoms with van der Waals surface area (Å²) in [7, 11) is 0. The molecule has 2 aliphatic carbocycles. The van der Waals surface area contributed by atoms with Crippen molar-refractivity contribution in [3.05, 3.63) is 41.5 Å². The van der Waals surface area contributed by atoms with Gasteiger partial charge in [-0.05, 0) is 44.2 Å². The molecule has 1 atom stereocenters. The molecule has 1 aromatic rings. The predicted octanol–water partition coefficient (Wildman–Crippen LogP) is 3.73. The molecular weight excluding hydrogens is 461 g/mol. The Morgan fingerprint density at radius 1 is 1.03 bits per heavy atom. The molecule has 190 valence electrons. The molecule has 10 heteroatoms. The molecule has 4 N–H and O–H groups in total. The number of rotatable bonds is 11. The molecule has 2 aliphatic rings. The quantitative estimate of drug-likeness (QED) is 0.279. The predicted molar refractivity (Wildman–Crippen MR) is 126 cm³/mol. The number of carbonyl (C=O) groups excluding carboxylic acids is 3. The van der Waals surface area contributed by atoms with E-state index in [2.05, 4.69) is 16.0 Å². The molecule has 35 heavy (non-hydrogen) atoms. The molecule has 0 bridgehead atoms. The van der Waals surface area contributed by atoms with Gasteiger partial charge in [0.1, 0.15) is 12.0 Å². The zero-order valence-electron chi connectivity index (χ0n) is 19.4. The maximum Gasteiger partial charge on any atom is 0.417 e. The van der Waals surface area contributed by atoms with Gasteiger partial charge in [-0.1, -0.05) is 31.0 Å². The maximum absolute atomic E-state index is 13.7. The maximum atomic E-state index is 13.7. The Hall–Kier alpha value is -3.17. The first-order chi connectivity index (χ1) is 16.7. The minimum Gasteiger partial charge on any atom is -0.382 e. The number of nitrogens with one attached hydrogen (secondary N) is 4. The lowest BCUT2D eigenvalue weighted by molar-refractivity contribution is -0.137. The smallest absolute Gasteiger partial charge is 0.382 e. The molecule has 2 saturated carbocycles. The van der Waals surface area contributed by atoms with Crippen LogP contribution in [-0.4, -0.2) is 41.9 Å². The highest BCUT2D eigenvalue weighted by Gasteiger charge is 2.34. The summed E-state index contributed by atoms with van der Waals surface area (Å²) in [6.45, 7) is 0. The number of aldehydes is 1. The average molecular weight is 493 g/mol. The molecule has 0 saturated heterocycles. The zero-order chi connectivity index (χ0) is 25.4. The molecule has 1 unspecified atom stereocenters. The average Bonchev–Trinajstić information content (AvgIpc) is 3.28. The van der Waals surface area contributed by atoms with Crippen LogP contribution in [0.4, 0.5) is 13.2 Å². The van der Waals surface area contributed by atoms with E-state index in [1.165, 1.54) is 18.2 Å². The second-order valence-corrected chi connectivity index (χ2v) is 9.11. The summed E-state index contributed by atoms with van der Waals surface area (Å²) in [5, 5.41) is 16.7. The molecular formula is C25H31F3N4O3. The van der Waals surface area contributed by atoms with Gasteiger partial charge in [-0.25, -0.2) is 0 Å². The van der Waals surface area contributed by atoms with Crippen molar-refractivity contribution in [1.82, 2.24) is 16.0 Å². The van der Waals surface area contributed by atoms with Gasteiger partial charge in [0.15, 0.2) is 0 Å². The van der Waals surface area contributed by atoms with Gasteiger partial charge in [-0.2, -0.15) is 13.2 Å². The second-order valence-electron chi connectivity index (χ2n) is 9.11. The number of halogens is 3. The van der Waals surface area contributed by atoms with Gasteiger partial charge in [0.25, 0.3) is 5.91 Å². The number of carbonyl (C=O) groups is 3. The summed E-state index contributed by atoms with van der Waals surface area (Å²) < 4.78 is 41.0. The van der Waals surface area contributed by atoms with Gasteiger partial charge in [0.05, 0.1) is 5.56 Å². The summed E-state index contributed by atoms with van der Waals surface area (Å²) in [5.41, 5.74) is -1.54. The first-order valence-electron chi connectivity index (χ1n) is 11.9. The standard InChI is InChI=1S/C25H31F3N4O3/c26-25(27,28)20-11-4-3-10-19(20)22(30-16-6-1-2-7-16)15-21(29)24(35)32-18(12-13-33)14-23(34)31-17-8-5-9-17/h3-4,10-11,13,15-18,29-30H,1-2,5-9,12,14H2,(H,31,34)(H,32,35)/b22-15-,29-21?. The number of benzene rings is 1. The highest BCUT2D eigenvalue weighted by molar-refractivity contribution is 6.43. The van der Waals surface area contributed by atoms with E-state index in [0.29, 0.717) is 6.29 Å². The molecule has 1 aromatic carbocycles. The van der Waals surface area contributed by atoms with Gasteiger partial charge in [-0.15, -0.1) is 0 Å². The van der Waals surface area contributed by atoms with E-state index in [9.17, 15) is 27.6 Å². The van der Waals surface area contributed by atoms with Gasteiger partial charge in [-0.3, -0.25) is 15.0 Å². The van der Waals surface area contributed by atoms with Crippen LogP contribution in [0.1, 0.15) is 68.9 Å². The van der Waals surface area contributed by atoms with Crippen molar-refractivity contribution in [3.63, 3.8) is 0 Å². The summed E-state index contributed by atoms with van der Waals surface area (Å²) >= 11 is 0. The molecule has 3 rings (SSSR count). The van der Waals surface area contributed by atoms with Gasteiger partial charge in [0.2, 0.25) is 5.91 Å². The lowest BCUT2D eigenvalue weighted by atomic mass is 9.93. The van der Waals surface area contributed by atoms with Crippen molar-refractivity contribution in [3.8, 4) is 0 Å². The molecule has 0 aliphatic heterocycles. The third kappa shape index (κ3) is 7.66. The third-order valence-electron chi connectivity index (χ3n) is 6.39.